The topological polar surface area (TPSA) is 109 Å². The lowest BCUT2D eigenvalue weighted by Gasteiger charge is -2.11. The highest BCUT2D eigenvalue weighted by Gasteiger charge is 2.16. The minimum absolute atomic E-state index is 0.223. The van der Waals surface area contributed by atoms with Gasteiger partial charge in [0.15, 0.2) is 0 Å². The molecular weight excluding hydrogens is 450 g/mol. The van der Waals surface area contributed by atoms with E-state index in [0.29, 0.717) is 29.2 Å². The third-order valence-electron chi connectivity index (χ3n) is 4.39. The third kappa shape index (κ3) is 5.77. The van der Waals surface area contributed by atoms with Crippen LogP contribution in [0.25, 0.3) is 0 Å². The maximum atomic E-state index is 13.4. The number of sulfonamides is 1. The number of rotatable bonds is 7. The van der Waals surface area contributed by atoms with Crippen LogP contribution >= 0.6 is 0 Å². The van der Waals surface area contributed by atoms with Crippen molar-refractivity contribution in [3.8, 4) is 0 Å². The van der Waals surface area contributed by atoms with Gasteiger partial charge in [-0.2, -0.15) is 0 Å². The molecule has 0 aliphatic carbocycles. The van der Waals surface area contributed by atoms with E-state index in [1.165, 1.54) is 18.5 Å². The molecule has 8 nitrogen and oxygen atoms in total. The number of pyridine rings is 1. The lowest BCUT2D eigenvalue weighted by atomic mass is 10.3. The maximum Gasteiger partial charge on any atom is 0.262 e. The second-order valence-corrected chi connectivity index (χ2v) is 8.73. The Morgan fingerprint density at radius 1 is 0.727 bits per heavy atom. The summed E-state index contributed by atoms with van der Waals surface area (Å²) in [6.45, 7) is 1.96. The molecule has 0 saturated heterocycles. The normalized spacial score (nSPS) is 11.1. The summed E-state index contributed by atoms with van der Waals surface area (Å²) in [5.74, 6) is -0.269. The van der Waals surface area contributed by atoms with E-state index in [2.05, 4.69) is 30.3 Å². The Kier molecular flexibility index (Phi) is 6.13. The van der Waals surface area contributed by atoms with Crippen molar-refractivity contribution in [2.45, 2.75) is 11.8 Å². The quantitative estimate of drug-likeness (QED) is 0.359. The van der Waals surface area contributed by atoms with Crippen molar-refractivity contribution in [3.05, 3.63) is 90.4 Å². The largest absolute Gasteiger partial charge is 0.340 e. The molecule has 2 aromatic heterocycles. The molecule has 0 aliphatic rings. The van der Waals surface area contributed by atoms with Crippen molar-refractivity contribution in [3.63, 3.8) is 0 Å². The van der Waals surface area contributed by atoms with E-state index in [1.54, 1.807) is 24.4 Å². The van der Waals surface area contributed by atoms with Gasteiger partial charge < -0.3 is 10.6 Å². The van der Waals surface area contributed by atoms with Crippen molar-refractivity contribution in [1.29, 1.82) is 0 Å². The average molecular weight is 468 g/mol. The minimum Gasteiger partial charge on any atom is -0.340 e. The van der Waals surface area contributed by atoms with Gasteiger partial charge in [0.2, 0.25) is 0 Å². The second-order valence-electron chi connectivity index (χ2n) is 7.04. The minimum atomic E-state index is -4.15. The third-order valence-corrected chi connectivity index (χ3v) is 5.76. The van der Waals surface area contributed by atoms with Crippen LogP contribution in [0.1, 0.15) is 5.56 Å². The Hall–Kier alpha value is -4.12. The SMILES string of the molecule is Cc1ccnc(Nc2cc(Nc3ccc(NS(=O)(=O)c4cc(F)cc(F)c4)cc3)ncn2)c1. The first-order chi connectivity index (χ1) is 15.8. The molecule has 0 amide bonds. The van der Waals surface area contributed by atoms with Crippen molar-refractivity contribution >= 4 is 38.9 Å². The smallest absolute Gasteiger partial charge is 0.262 e. The van der Waals surface area contributed by atoms with Crippen LogP contribution in [-0.2, 0) is 10.0 Å². The summed E-state index contributed by atoms with van der Waals surface area (Å²) in [5, 5.41) is 6.19. The van der Waals surface area contributed by atoms with Gasteiger partial charge in [-0.1, -0.05) is 0 Å². The van der Waals surface area contributed by atoms with Crippen LogP contribution < -0.4 is 15.4 Å². The van der Waals surface area contributed by atoms with E-state index in [0.717, 1.165) is 17.7 Å². The number of hydrogen-bond donors (Lipinski definition) is 3. The van der Waals surface area contributed by atoms with Crippen LogP contribution in [0.5, 0.6) is 0 Å². The summed E-state index contributed by atoms with van der Waals surface area (Å²) in [7, 11) is -4.15. The zero-order chi connectivity index (χ0) is 23.4. The van der Waals surface area contributed by atoms with Gasteiger partial charge in [0.1, 0.15) is 35.4 Å². The Morgan fingerprint density at radius 2 is 1.33 bits per heavy atom. The fourth-order valence-electron chi connectivity index (χ4n) is 2.90. The van der Waals surface area contributed by atoms with Gasteiger partial charge in [0.05, 0.1) is 4.90 Å². The van der Waals surface area contributed by atoms with Crippen molar-refractivity contribution in [2.24, 2.45) is 0 Å². The summed E-state index contributed by atoms with van der Waals surface area (Å²) in [6.07, 6.45) is 3.08. The Bertz CT molecular complexity index is 1380. The highest BCUT2D eigenvalue weighted by atomic mass is 32.2. The zero-order valence-electron chi connectivity index (χ0n) is 17.3. The number of aryl methyl sites for hydroxylation is 1. The summed E-state index contributed by atoms with van der Waals surface area (Å²) < 4.78 is 53.8. The van der Waals surface area contributed by atoms with Crippen molar-refractivity contribution < 1.29 is 17.2 Å². The summed E-state index contributed by atoms with van der Waals surface area (Å²) in [5.41, 5.74) is 1.91. The molecule has 3 N–H and O–H groups in total. The fraction of sp³-hybridized carbons (Fsp3) is 0.0455. The van der Waals surface area contributed by atoms with Crippen LogP contribution in [0.2, 0.25) is 0 Å². The van der Waals surface area contributed by atoms with Gasteiger partial charge in [0.25, 0.3) is 10.0 Å². The average Bonchev–Trinajstić information content (AvgIpc) is 2.75. The van der Waals surface area contributed by atoms with E-state index in [-0.39, 0.29) is 5.69 Å². The molecule has 4 aromatic rings. The first-order valence-electron chi connectivity index (χ1n) is 9.65. The predicted molar refractivity (Wildman–Crippen MR) is 121 cm³/mol. The van der Waals surface area contributed by atoms with Gasteiger partial charge in [-0.25, -0.2) is 32.2 Å². The summed E-state index contributed by atoms with van der Waals surface area (Å²) in [4.78, 5) is 12.1. The second kappa shape index (κ2) is 9.17. The van der Waals surface area contributed by atoms with Crippen LogP contribution in [0.3, 0.4) is 0 Å². The number of nitrogens with one attached hydrogen (secondary N) is 3. The molecule has 0 radical (unpaired) electrons. The first kappa shape index (κ1) is 22.1. The lowest BCUT2D eigenvalue weighted by molar-refractivity contribution is 0.568. The summed E-state index contributed by atoms with van der Waals surface area (Å²) >= 11 is 0. The monoisotopic (exact) mass is 468 g/mol. The Labute approximate surface area is 188 Å². The Morgan fingerprint density at radius 3 is 2.00 bits per heavy atom. The van der Waals surface area contributed by atoms with Gasteiger partial charge in [-0.05, 0) is 61.0 Å². The molecule has 0 atom stereocenters. The van der Waals surface area contributed by atoms with Crippen LogP contribution in [0, 0.1) is 18.6 Å². The molecule has 33 heavy (non-hydrogen) atoms. The van der Waals surface area contributed by atoms with Crippen LogP contribution in [0.15, 0.2) is 78.1 Å². The number of nitrogens with zero attached hydrogens (tertiary/aromatic N) is 3. The molecule has 0 bridgehead atoms. The zero-order valence-corrected chi connectivity index (χ0v) is 18.1. The molecule has 0 fully saturated rings. The van der Waals surface area contributed by atoms with Crippen molar-refractivity contribution in [2.75, 3.05) is 15.4 Å². The highest BCUT2D eigenvalue weighted by Crippen LogP contribution is 2.22. The number of hydrogen-bond acceptors (Lipinski definition) is 7. The van der Waals surface area contributed by atoms with Crippen molar-refractivity contribution in [1.82, 2.24) is 15.0 Å². The van der Waals surface area contributed by atoms with Gasteiger partial charge in [-0.3, -0.25) is 4.72 Å². The molecule has 11 heteroatoms. The molecule has 0 saturated carbocycles. The first-order valence-corrected chi connectivity index (χ1v) is 11.1. The molecule has 168 valence electrons. The standard InChI is InChI=1S/C22H18F2N6O2S/c1-14-6-7-25-20(8-14)29-22-12-21(26-13-27-22)28-17-2-4-18(5-3-17)30-33(31,32)19-10-15(23)9-16(24)11-19/h2-13,30H,1H3,(H2,25,26,27,28,29). The van der Waals surface area contributed by atoms with Crippen LogP contribution in [0.4, 0.5) is 37.6 Å². The Balaban J connectivity index is 1.44. The number of aromatic nitrogens is 3. The molecule has 0 aliphatic heterocycles. The number of benzene rings is 2. The van der Waals surface area contributed by atoms with Gasteiger partial charge >= 0.3 is 0 Å². The van der Waals surface area contributed by atoms with E-state index in [4.69, 9.17) is 0 Å². The molecular formula is C22H18F2N6O2S. The molecule has 0 spiro atoms. The molecule has 2 heterocycles. The van der Waals surface area contributed by atoms with E-state index >= 15 is 0 Å². The van der Waals surface area contributed by atoms with E-state index in [1.807, 2.05) is 19.1 Å². The molecule has 4 rings (SSSR count). The highest BCUT2D eigenvalue weighted by molar-refractivity contribution is 7.92. The molecule has 0 unspecified atom stereocenters. The number of anilines is 5. The number of halogens is 2. The molecule has 2 aromatic carbocycles. The summed E-state index contributed by atoms with van der Waals surface area (Å²) in [6, 6.07) is 13.8. The van der Waals surface area contributed by atoms with Gasteiger partial charge in [0, 0.05) is 29.7 Å². The van der Waals surface area contributed by atoms with E-state index < -0.39 is 26.6 Å². The van der Waals surface area contributed by atoms with Gasteiger partial charge in [-0.15, -0.1) is 0 Å². The maximum absolute atomic E-state index is 13.4. The van der Waals surface area contributed by atoms with Crippen LogP contribution in [-0.4, -0.2) is 23.4 Å². The lowest BCUT2D eigenvalue weighted by Crippen LogP contribution is -2.13. The fourth-order valence-corrected chi connectivity index (χ4v) is 4.00. The predicted octanol–water partition coefficient (Wildman–Crippen LogP) is 4.75. The van der Waals surface area contributed by atoms with E-state index in [9.17, 15) is 17.2 Å².